The van der Waals surface area contributed by atoms with Gasteiger partial charge in [-0.2, -0.15) is 0 Å². The van der Waals surface area contributed by atoms with Crippen LogP contribution in [-0.2, 0) is 4.74 Å². The van der Waals surface area contributed by atoms with Crippen LogP contribution in [0, 0.1) is 11.8 Å². The van der Waals surface area contributed by atoms with Gasteiger partial charge in [0.1, 0.15) is 11.9 Å². The van der Waals surface area contributed by atoms with E-state index in [1.165, 1.54) is 0 Å². The Bertz CT molecular complexity index is 614. The Balaban J connectivity index is 1.58. The van der Waals surface area contributed by atoms with Crippen LogP contribution in [0.25, 0.3) is 0 Å². The third kappa shape index (κ3) is 2.55. The molecule has 3 fully saturated rings. The number of methoxy groups -OCH3 is 1. The van der Waals surface area contributed by atoms with Gasteiger partial charge in [0.2, 0.25) is 0 Å². The maximum Gasteiger partial charge on any atom is 0.253 e. The van der Waals surface area contributed by atoms with Crippen LogP contribution in [0.4, 0.5) is 10.1 Å². The third-order valence-electron chi connectivity index (χ3n) is 5.16. The average molecular weight is 320 g/mol. The maximum absolute atomic E-state index is 13.6. The standard InChI is InChI=1S/C17H21FN2O3/c1-22-14-4-2-3-11(16(14)20-6-5-10(18)7-20)17(21)19-15-12-8-23-9-13(12)15/h2-4,10,12-13,15H,5-9H2,1H3,(H,19,21). The second-order valence-electron chi connectivity index (χ2n) is 6.55. The molecule has 6 heteroatoms. The first-order chi connectivity index (χ1) is 11.2. The van der Waals surface area contributed by atoms with E-state index in [0.717, 1.165) is 13.2 Å². The van der Waals surface area contributed by atoms with Gasteiger partial charge >= 0.3 is 0 Å². The number of hydrogen-bond donors (Lipinski definition) is 1. The van der Waals surface area contributed by atoms with Crippen LogP contribution < -0.4 is 15.0 Å². The normalized spacial score (nSPS) is 31.8. The first-order valence-corrected chi connectivity index (χ1v) is 8.13. The number of carbonyl (C=O) groups excluding carboxylic acids is 1. The van der Waals surface area contributed by atoms with Gasteiger partial charge in [-0.3, -0.25) is 4.79 Å². The Hall–Kier alpha value is -1.82. The molecule has 1 aromatic rings. The average Bonchev–Trinajstić information content (AvgIpc) is 2.96. The molecule has 2 heterocycles. The number of nitrogens with one attached hydrogen (secondary N) is 1. The van der Waals surface area contributed by atoms with E-state index >= 15 is 0 Å². The molecule has 2 aliphatic heterocycles. The van der Waals surface area contributed by atoms with Crippen LogP contribution in [0.5, 0.6) is 5.75 Å². The molecule has 0 radical (unpaired) electrons. The van der Waals surface area contributed by atoms with Crippen molar-refractivity contribution in [3.63, 3.8) is 0 Å². The largest absolute Gasteiger partial charge is 0.495 e. The van der Waals surface area contributed by atoms with E-state index in [1.54, 1.807) is 19.2 Å². The summed E-state index contributed by atoms with van der Waals surface area (Å²) in [7, 11) is 1.58. The number of benzene rings is 1. The number of ether oxygens (including phenoxy) is 2. The van der Waals surface area contributed by atoms with E-state index in [0.29, 0.717) is 48.3 Å². The molecule has 1 amide bonds. The van der Waals surface area contributed by atoms with Gasteiger partial charge in [-0.05, 0) is 18.6 Å². The molecule has 0 spiro atoms. The molecular formula is C17H21FN2O3. The lowest BCUT2D eigenvalue weighted by Crippen LogP contribution is -2.32. The maximum atomic E-state index is 13.6. The molecule has 3 aliphatic rings. The molecule has 4 rings (SSSR count). The van der Waals surface area contributed by atoms with Crippen LogP contribution in [0.2, 0.25) is 0 Å². The van der Waals surface area contributed by atoms with Crippen LogP contribution in [0.1, 0.15) is 16.8 Å². The number of para-hydroxylation sites is 1. The highest BCUT2D eigenvalue weighted by Crippen LogP contribution is 2.44. The van der Waals surface area contributed by atoms with Crippen molar-refractivity contribution in [2.24, 2.45) is 11.8 Å². The summed E-state index contributed by atoms with van der Waals surface area (Å²) in [6.45, 7) is 2.37. The van der Waals surface area contributed by atoms with Gasteiger partial charge in [-0.25, -0.2) is 4.39 Å². The van der Waals surface area contributed by atoms with Crippen molar-refractivity contribution in [2.75, 3.05) is 38.3 Å². The molecule has 1 N–H and O–H groups in total. The minimum Gasteiger partial charge on any atom is -0.495 e. The molecule has 3 unspecified atom stereocenters. The predicted molar refractivity (Wildman–Crippen MR) is 83.8 cm³/mol. The summed E-state index contributed by atoms with van der Waals surface area (Å²) in [5.41, 5.74) is 1.26. The molecular weight excluding hydrogens is 299 g/mol. The van der Waals surface area contributed by atoms with Gasteiger partial charge in [0.05, 0.1) is 31.6 Å². The lowest BCUT2D eigenvalue weighted by Gasteiger charge is -2.23. The molecule has 0 bridgehead atoms. The number of amides is 1. The van der Waals surface area contributed by atoms with Crippen molar-refractivity contribution in [3.05, 3.63) is 23.8 Å². The zero-order valence-corrected chi connectivity index (χ0v) is 13.1. The number of nitrogens with zero attached hydrogens (tertiary/aromatic N) is 1. The van der Waals surface area contributed by atoms with Crippen LogP contribution >= 0.6 is 0 Å². The fourth-order valence-corrected chi connectivity index (χ4v) is 3.80. The molecule has 5 nitrogen and oxygen atoms in total. The minimum absolute atomic E-state index is 0.111. The molecule has 1 aromatic carbocycles. The van der Waals surface area contributed by atoms with Gasteiger partial charge in [0.15, 0.2) is 0 Å². The summed E-state index contributed by atoms with van der Waals surface area (Å²) < 4.78 is 24.4. The predicted octanol–water partition coefficient (Wildman–Crippen LogP) is 1.62. The number of anilines is 1. The number of rotatable bonds is 4. The number of carbonyl (C=O) groups is 1. The van der Waals surface area contributed by atoms with Crippen molar-refractivity contribution >= 4 is 11.6 Å². The van der Waals surface area contributed by atoms with Crippen molar-refractivity contribution in [3.8, 4) is 5.75 Å². The Kier molecular flexibility index (Phi) is 3.64. The molecule has 2 saturated heterocycles. The molecule has 3 atom stereocenters. The Morgan fingerprint density at radius 1 is 1.39 bits per heavy atom. The monoisotopic (exact) mass is 320 g/mol. The fraction of sp³-hybridized carbons (Fsp3) is 0.588. The molecule has 0 aromatic heterocycles. The summed E-state index contributed by atoms with van der Waals surface area (Å²) in [4.78, 5) is 14.6. The van der Waals surface area contributed by atoms with E-state index in [-0.39, 0.29) is 11.9 Å². The third-order valence-corrected chi connectivity index (χ3v) is 5.16. The number of fused-ring (bicyclic) bond motifs is 1. The van der Waals surface area contributed by atoms with E-state index < -0.39 is 6.17 Å². The van der Waals surface area contributed by atoms with Crippen LogP contribution in [0.15, 0.2) is 18.2 Å². The van der Waals surface area contributed by atoms with Crippen molar-refractivity contribution < 1.29 is 18.7 Å². The first kappa shape index (κ1) is 14.8. The summed E-state index contributed by atoms with van der Waals surface area (Å²) in [6, 6.07) is 5.62. The zero-order valence-electron chi connectivity index (χ0n) is 13.1. The van der Waals surface area contributed by atoms with Crippen molar-refractivity contribution in [2.45, 2.75) is 18.6 Å². The number of hydrogen-bond acceptors (Lipinski definition) is 4. The van der Waals surface area contributed by atoms with Crippen LogP contribution in [0.3, 0.4) is 0 Å². The summed E-state index contributed by atoms with van der Waals surface area (Å²) in [6.07, 6.45) is -0.362. The highest BCUT2D eigenvalue weighted by molar-refractivity contribution is 6.01. The highest BCUT2D eigenvalue weighted by Gasteiger charge is 2.54. The Labute approximate surface area is 134 Å². The van der Waals surface area contributed by atoms with E-state index in [2.05, 4.69) is 5.32 Å². The molecule has 124 valence electrons. The van der Waals surface area contributed by atoms with Crippen LogP contribution in [-0.4, -0.2) is 51.5 Å². The summed E-state index contributed by atoms with van der Waals surface area (Å²) in [5.74, 6) is 1.41. The van der Waals surface area contributed by atoms with Gasteiger partial charge in [0, 0.05) is 31.0 Å². The second-order valence-corrected chi connectivity index (χ2v) is 6.55. The van der Waals surface area contributed by atoms with E-state index in [4.69, 9.17) is 9.47 Å². The Morgan fingerprint density at radius 3 is 2.83 bits per heavy atom. The van der Waals surface area contributed by atoms with Crippen molar-refractivity contribution in [1.82, 2.24) is 5.32 Å². The molecule has 1 saturated carbocycles. The molecule has 1 aliphatic carbocycles. The Morgan fingerprint density at radius 2 is 2.17 bits per heavy atom. The topological polar surface area (TPSA) is 50.8 Å². The molecule has 23 heavy (non-hydrogen) atoms. The number of halogens is 1. The summed E-state index contributed by atoms with van der Waals surface area (Å²) in [5, 5.41) is 3.10. The quantitative estimate of drug-likeness (QED) is 0.916. The minimum atomic E-state index is -0.851. The van der Waals surface area contributed by atoms with Gasteiger partial charge in [-0.1, -0.05) is 6.07 Å². The summed E-state index contributed by atoms with van der Waals surface area (Å²) >= 11 is 0. The lowest BCUT2D eigenvalue weighted by molar-refractivity contribution is 0.0929. The van der Waals surface area contributed by atoms with E-state index in [9.17, 15) is 9.18 Å². The van der Waals surface area contributed by atoms with E-state index in [1.807, 2.05) is 11.0 Å². The van der Waals surface area contributed by atoms with Gasteiger partial charge in [0.25, 0.3) is 5.91 Å². The first-order valence-electron chi connectivity index (χ1n) is 8.13. The second kappa shape index (κ2) is 5.67. The van der Waals surface area contributed by atoms with Gasteiger partial charge < -0.3 is 19.7 Å². The van der Waals surface area contributed by atoms with Crippen molar-refractivity contribution in [1.29, 1.82) is 0 Å². The number of alkyl halides is 1. The highest BCUT2D eigenvalue weighted by atomic mass is 19.1. The lowest BCUT2D eigenvalue weighted by atomic mass is 10.1. The zero-order chi connectivity index (χ0) is 16.0. The fourth-order valence-electron chi connectivity index (χ4n) is 3.80. The SMILES string of the molecule is COc1cccc(C(=O)NC2C3COCC32)c1N1CCC(F)C1. The smallest absolute Gasteiger partial charge is 0.253 e. The van der Waals surface area contributed by atoms with Gasteiger partial charge in [-0.15, -0.1) is 0 Å².